The van der Waals surface area contributed by atoms with Gasteiger partial charge < -0.3 is 25.2 Å². The van der Waals surface area contributed by atoms with Gasteiger partial charge in [-0.1, -0.05) is 26.8 Å². The summed E-state index contributed by atoms with van der Waals surface area (Å²) in [4.78, 5) is 33.5. The zero-order valence-corrected chi connectivity index (χ0v) is 27.7. The third-order valence-electron chi connectivity index (χ3n) is 11.9. The summed E-state index contributed by atoms with van der Waals surface area (Å²) in [5.41, 5.74) is 0. The molecule has 6 aliphatic rings. The number of hydrogen-bond acceptors (Lipinski definition) is 6. The zero-order chi connectivity index (χ0) is 31.3. The Kier molecular flexibility index (Phi) is 9.85. The van der Waals surface area contributed by atoms with Gasteiger partial charge in [-0.3, -0.25) is 15.0 Å². The number of ether oxygens (including phenoxy) is 1. The molecule has 5 aliphatic heterocycles. The Bertz CT molecular complexity index is 1070. The first-order valence-electron chi connectivity index (χ1n) is 17.2. The predicted molar refractivity (Wildman–Crippen MR) is 170 cm³/mol. The van der Waals surface area contributed by atoms with Crippen molar-refractivity contribution in [2.45, 2.75) is 120 Å². The number of carbonyl (C=O) groups excluding carboxylic acids is 2. The van der Waals surface area contributed by atoms with Crippen LogP contribution in [0.2, 0.25) is 0 Å². The van der Waals surface area contributed by atoms with Crippen LogP contribution >= 0.6 is 11.6 Å². The molecule has 11 heteroatoms. The van der Waals surface area contributed by atoms with Gasteiger partial charge in [0, 0.05) is 67.7 Å². The summed E-state index contributed by atoms with van der Waals surface area (Å²) in [6.45, 7) is 15.7. The minimum absolute atomic E-state index is 0.00237. The van der Waals surface area contributed by atoms with Gasteiger partial charge in [0.2, 0.25) is 5.91 Å². The van der Waals surface area contributed by atoms with Crippen LogP contribution in [0.15, 0.2) is 12.7 Å². The van der Waals surface area contributed by atoms with E-state index in [4.69, 9.17) is 16.3 Å². The first-order valence-corrected chi connectivity index (χ1v) is 17.7. The second-order valence-corrected chi connectivity index (χ2v) is 15.4. The zero-order valence-electron chi connectivity index (χ0n) is 27.0. The van der Waals surface area contributed by atoms with Gasteiger partial charge in [-0.15, -0.1) is 11.6 Å². The molecule has 0 spiro atoms. The number of amides is 3. The van der Waals surface area contributed by atoms with Crippen molar-refractivity contribution in [3.63, 3.8) is 0 Å². The molecule has 5 heterocycles. The Labute approximate surface area is 268 Å². The van der Waals surface area contributed by atoms with Gasteiger partial charge in [0.1, 0.15) is 6.17 Å². The van der Waals surface area contributed by atoms with Gasteiger partial charge >= 0.3 is 6.03 Å². The van der Waals surface area contributed by atoms with Crippen LogP contribution in [-0.4, -0.2) is 114 Å². The molecule has 248 valence electrons. The molecule has 6 rings (SSSR count). The van der Waals surface area contributed by atoms with Crippen molar-refractivity contribution in [2.24, 2.45) is 29.6 Å². The average Bonchev–Trinajstić information content (AvgIpc) is 2.99. The summed E-state index contributed by atoms with van der Waals surface area (Å²) in [7, 11) is 0. The molecule has 9 nitrogen and oxygen atoms in total. The fourth-order valence-electron chi connectivity index (χ4n) is 9.75. The summed E-state index contributed by atoms with van der Waals surface area (Å²) >= 11 is 7.32. The molecule has 1 aliphatic carbocycles. The highest BCUT2D eigenvalue weighted by Crippen LogP contribution is 2.45. The maximum absolute atomic E-state index is 15.9. The van der Waals surface area contributed by atoms with Crippen LogP contribution in [0.1, 0.15) is 66.2 Å². The standard InChI is InChI=1S/C33H54ClFN6O3/c1-6-26(42)39-15-20(5)40(16-19(39)4)31-23-14-24(34)29-27-22(8-7-9-25(27)35)17-44-13-11-21-10-12-36-28(18(2)3)30(21)41(32(23)37-29)33(43)38-31/h6,18-25,27-32,36-37H,1,7-17H2,2-5H3,(H,38,43)/t19-,20+,21?,22?,23?,24?,25?,27?,28?,29?,30?,31?,32?/m1/s1. The number of hydrogen-bond donors (Lipinski definition) is 3. The van der Waals surface area contributed by atoms with E-state index in [0.29, 0.717) is 51.0 Å². The summed E-state index contributed by atoms with van der Waals surface area (Å²) in [6.07, 6.45) is 4.83. The molecule has 6 fully saturated rings. The van der Waals surface area contributed by atoms with Crippen LogP contribution in [0.5, 0.6) is 0 Å². The highest BCUT2D eigenvalue weighted by atomic mass is 35.5. The molecule has 13 atom stereocenters. The number of alkyl halides is 2. The molecule has 2 bridgehead atoms. The number of nitrogens with zero attached hydrogens (tertiary/aromatic N) is 3. The smallest absolute Gasteiger partial charge is 0.320 e. The van der Waals surface area contributed by atoms with E-state index in [2.05, 4.69) is 60.0 Å². The number of piperidine rings is 2. The van der Waals surface area contributed by atoms with Crippen LogP contribution in [0.3, 0.4) is 0 Å². The maximum Gasteiger partial charge on any atom is 0.320 e. The summed E-state index contributed by atoms with van der Waals surface area (Å²) in [5.74, 6) is 0.424. The molecule has 5 saturated heterocycles. The molecular weight excluding hydrogens is 583 g/mol. The van der Waals surface area contributed by atoms with E-state index >= 15 is 4.39 Å². The first kappa shape index (κ1) is 32.5. The van der Waals surface area contributed by atoms with E-state index < -0.39 is 6.17 Å². The molecule has 44 heavy (non-hydrogen) atoms. The fourth-order valence-corrected chi connectivity index (χ4v) is 10.2. The van der Waals surface area contributed by atoms with Crippen molar-refractivity contribution in [3.05, 3.63) is 12.7 Å². The molecule has 11 unspecified atom stereocenters. The average molecular weight is 637 g/mol. The molecule has 0 aromatic heterocycles. The molecule has 3 amide bonds. The van der Waals surface area contributed by atoms with Gasteiger partial charge in [-0.2, -0.15) is 0 Å². The Hall–Kier alpha value is -1.46. The van der Waals surface area contributed by atoms with E-state index in [-0.39, 0.29) is 77.6 Å². The molecule has 3 N–H and O–H groups in total. The van der Waals surface area contributed by atoms with Crippen LogP contribution in [0, 0.1) is 29.6 Å². The van der Waals surface area contributed by atoms with E-state index in [1.54, 1.807) is 0 Å². The van der Waals surface area contributed by atoms with Crippen LogP contribution in [0.4, 0.5) is 9.18 Å². The molecule has 0 aromatic rings. The third kappa shape index (κ3) is 5.91. The van der Waals surface area contributed by atoms with Crippen molar-refractivity contribution < 1.29 is 18.7 Å². The Morgan fingerprint density at radius 3 is 2.66 bits per heavy atom. The molecular formula is C33H54ClFN6O3. The molecule has 1 saturated carbocycles. The van der Waals surface area contributed by atoms with Crippen molar-refractivity contribution in [1.82, 2.24) is 30.7 Å². The minimum atomic E-state index is -0.943. The number of fused-ring (bicyclic) bond motifs is 5. The Balaban J connectivity index is 1.38. The van der Waals surface area contributed by atoms with Crippen LogP contribution < -0.4 is 16.0 Å². The van der Waals surface area contributed by atoms with Crippen molar-refractivity contribution in [2.75, 3.05) is 32.8 Å². The number of urea groups is 1. The van der Waals surface area contributed by atoms with Crippen LogP contribution in [0.25, 0.3) is 0 Å². The normalized spacial score (nSPS) is 45.3. The van der Waals surface area contributed by atoms with Crippen molar-refractivity contribution >= 4 is 23.5 Å². The molecule has 0 radical (unpaired) electrons. The lowest BCUT2D eigenvalue weighted by Gasteiger charge is -2.61. The van der Waals surface area contributed by atoms with Crippen molar-refractivity contribution in [3.8, 4) is 0 Å². The van der Waals surface area contributed by atoms with E-state index in [0.717, 1.165) is 32.2 Å². The lowest BCUT2D eigenvalue weighted by Crippen LogP contribution is -2.80. The summed E-state index contributed by atoms with van der Waals surface area (Å²) in [6, 6.07) is -0.196. The highest BCUT2D eigenvalue weighted by Gasteiger charge is 2.57. The second-order valence-electron chi connectivity index (χ2n) is 14.9. The predicted octanol–water partition coefficient (Wildman–Crippen LogP) is 3.53. The number of carbonyl (C=O) groups is 2. The third-order valence-corrected chi connectivity index (χ3v) is 12.3. The highest BCUT2D eigenvalue weighted by molar-refractivity contribution is 6.21. The summed E-state index contributed by atoms with van der Waals surface area (Å²) in [5, 5.41) is 10.9. The van der Waals surface area contributed by atoms with Gasteiger partial charge in [-0.25, -0.2) is 9.18 Å². The number of halogens is 2. The monoisotopic (exact) mass is 636 g/mol. The minimum Gasteiger partial charge on any atom is -0.381 e. The lowest BCUT2D eigenvalue weighted by atomic mass is 9.70. The van der Waals surface area contributed by atoms with Gasteiger partial charge in [0.05, 0.1) is 18.4 Å². The number of piperazine rings is 1. The quantitative estimate of drug-likeness (QED) is 0.325. The Morgan fingerprint density at radius 1 is 1.11 bits per heavy atom. The topological polar surface area (TPSA) is 89.2 Å². The van der Waals surface area contributed by atoms with E-state index in [1.807, 2.05) is 4.90 Å². The van der Waals surface area contributed by atoms with Gasteiger partial charge in [0.15, 0.2) is 0 Å². The van der Waals surface area contributed by atoms with E-state index in [9.17, 15) is 9.59 Å². The number of nitrogens with one attached hydrogen (secondary N) is 3. The van der Waals surface area contributed by atoms with E-state index in [1.165, 1.54) is 6.08 Å². The van der Waals surface area contributed by atoms with Gasteiger partial charge in [-0.05, 0) is 76.3 Å². The number of rotatable bonds is 3. The Morgan fingerprint density at radius 2 is 1.91 bits per heavy atom. The maximum atomic E-state index is 15.9. The first-order chi connectivity index (χ1) is 21.1. The van der Waals surface area contributed by atoms with Crippen molar-refractivity contribution in [1.29, 1.82) is 0 Å². The largest absolute Gasteiger partial charge is 0.381 e. The summed E-state index contributed by atoms with van der Waals surface area (Å²) < 4.78 is 22.2. The lowest BCUT2D eigenvalue weighted by molar-refractivity contribution is -0.135. The van der Waals surface area contributed by atoms with Gasteiger partial charge in [0.25, 0.3) is 0 Å². The molecule has 0 aromatic carbocycles. The fraction of sp³-hybridized carbons (Fsp3) is 0.879. The second kappa shape index (κ2) is 13.3. The van der Waals surface area contributed by atoms with Crippen LogP contribution in [-0.2, 0) is 9.53 Å². The SMILES string of the molecule is C=CC(=O)N1C[C@H](C)N(C2NC(=O)N3C4NC(C(Cl)CC42)C2C(F)CCCC2COCCC2CCNC(C(C)C)C23)C[C@H]1C.